The van der Waals surface area contributed by atoms with Gasteiger partial charge in [-0.2, -0.15) is 0 Å². The fraction of sp³-hybridized carbons (Fsp3) is 0.400. The molecule has 0 amide bonds. The highest BCUT2D eigenvalue weighted by molar-refractivity contribution is 7.98. The lowest BCUT2D eigenvalue weighted by atomic mass is 10.3. The van der Waals surface area contributed by atoms with Gasteiger partial charge in [0.1, 0.15) is 5.52 Å². The molecule has 5 nitrogen and oxygen atoms in total. The number of fused-ring (bicyclic) bond motifs is 1. The smallest absolute Gasteiger partial charge is 0.270 e. The zero-order chi connectivity index (χ0) is 11.7. The molecule has 0 unspecified atom stereocenters. The number of thioether (sulfide) groups is 1. The molecule has 0 spiro atoms. The van der Waals surface area contributed by atoms with Gasteiger partial charge in [-0.1, -0.05) is 11.8 Å². The molecule has 6 heteroatoms. The molecule has 16 heavy (non-hydrogen) atoms. The van der Waals surface area contributed by atoms with Gasteiger partial charge in [-0.3, -0.25) is 9.36 Å². The summed E-state index contributed by atoms with van der Waals surface area (Å²) in [5.74, 6) is 0. The van der Waals surface area contributed by atoms with Gasteiger partial charge in [0.25, 0.3) is 5.56 Å². The molecule has 2 heterocycles. The summed E-state index contributed by atoms with van der Waals surface area (Å²) in [5.41, 5.74) is 1.11. The molecule has 2 rings (SSSR count). The lowest BCUT2D eigenvalue weighted by Gasteiger charge is -2.11. The van der Waals surface area contributed by atoms with E-state index in [1.54, 1.807) is 10.8 Å². The first kappa shape index (κ1) is 11.1. The van der Waals surface area contributed by atoms with Crippen molar-refractivity contribution in [2.45, 2.75) is 25.0 Å². The highest BCUT2D eigenvalue weighted by Gasteiger charge is 2.09. The molecule has 0 bridgehead atoms. The van der Waals surface area contributed by atoms with E-state index in [2.05, 4.69) is 15.0 Å². The molecule has 0 N–H and O–H groups in total. The molecule has 0 fully saturated rings. The molecule has 0 atom stereocenters. The lowest BCUT2D eigenvalue weighted by molar-refractivity contribution is 0.589. The van der Waals surface area contributed by atoms with E-state index < -0.39 is 0 Å². The molecule has 2 aromatic heterocycles. The minimum atomic E-state index is -0.131. The number of hydrogen-bond acceptors (Lipinski definition) is 5. The van der Waals surface area contributed by atoms with Gasteiger partial charge in [-0.15, -0.1) is 0 Å². The van der Waals surface area contributed by atoms with E-state index in [-0.39, 0.29) is 11.6 Å². The van der Waals surface area contributed by atoms with E-state index in [4.69, 9.17) is 0 Å². The van der Waals surface area contributed by atoms with Gasteiger partial charge in [0.2, 0.25) is 0 Å². The predicted octanol–water partition coefficient (Wildman–Crippen LogP) is 1.49. The van der Waals surface area contributed by atoms with Crippen molar-refractivity contribution in [3.05, 3.63) is 22.7 Å². The minimum absolute atomic E-state index is 0.0580. The lowest BCUT2D eigenvalue weighted by Crippen LogP contribution is -2.23. The average molecular weight is 236 g/mol. The Morgan fingerprint density at radius 3 is 2.69 bits per heavy atom. The van der Waals surface area contributed by atoms with E-state index in [1.807, 2.05) is 20.1 Å². The van der Waals surface area contributed by atoms with Crippen LogP contribution < -0.4 is 5.56 Å². The van der Waals surface area contributed by atoms with Crippen LogP contribution in [-0.4, -0.2) is 25.8 Å². The van der Waals surface area contributed by atoms with E-state index in [0.717, 1.165) is 0 Å². The van der Waals surface area contributed by atoms with Crippen molar-refractivity contribution in [3.8, 4) is 0 Å². The molecular formula is C10H12N4OS. The van der Waals surface area contributed by atoms with Gasteiger partial charge in [-0.25, -0.2) is 15.0 Å². The van der Waals surface area contributed by atoms with Gasteiger partial charge < -0.3 is 0 Å². The Kier molecular flexibility index (Phi) is 2.91. The molecule has 84 valence electrons. The second kappa shape index (κ2) is 4.21. The highest BCUT2D eigenvalue weighted by Crippen LogP contribution is 2.14. The van der Waals surface area contributed by atoms with Crippen LogP contribution in [0.1, 0.15) is 19.9 Å². The third-order valence-corrected chi connectivity index (χ3v) is 2.77. The number of aromatic nitrogens is 4. The predicted molar refractivity (Wildman–Crippen MR) is 63.8 cm³/mol. The van der Waals surface area contributed by atoms with Crippen LogP contribution in [0.25, 0.3) is 11.2 Å². The standard InChI is InChI=1S/C10H12N4OS/c1-6(2)14-8(15)5-11-7-4-12-10(16-3)13-9(7)14/h4-6H,1-3H3. The first-order chi connectivity index (χ1) is 7.63. The van der Waals surface area contributed by atoms with Crippen molar-refractivity contribution < 1.29 is 0 Å². The van der Waals surface area contributed by atoms with Crippen molar-refractivity contribution >= 4 is 22.9 Å². The van der Waals surface area contributed by atoms with Crippen LogP contribution >= 0.6 is 11.8 Å². The third-order valence-electron chi connectivity index (χ3n) is 2.21. The second-order valence-corrected chi connectivity index (χ2v) is 4.40. The fourth-order valence-electron chi connectivity index (χ4n) is 1.51. The number of nitrogens with zero attached hydrogens (tertiary/aromatic N) is 4. The zero-order valence-electron chi connectivity index (χ0n) is 9.34. The van der Waals surface area contributed by atoms with Crippen LogP contribution in [0.4, 0.5) is 0 Å². The number of rotatable bonds is 2. The van der Waals surface area contributed by atoms with Crippen LogP contribution in [0.2, 0.25) is 0 Å². The topological polar surface area (TPSA) is 60.7 Å². The molecule has 0 saturated carbocycles. The summed E-state index contributed by atoms with van der Waals surface area (Å²) >= 11 is 1.44. The average Bonchev–Trinajstić information content (AvgIpc) is 2.27. The SMILES string of the molecule is CSc1ncc2ncc(=O)n(C(C)C)c2n1. The molecular weight excluding hydrogens is 224 g/mol. The van der Waals surface area contributed by atoms with Crippen LogP contribution in [0.15, 0.2) is 22.3 Å². The van der Waals surface area contributed by atoms with Gasteiger partial charge in [0.05, 0.1) is 12.4 Å². The maximum atomic E-state index is 11.7. The molecule has 0 aromatic carbocycles. The summed E-state index contributed by atoms with van der Waals surface area (Å²) in [7, 11) is 0. The Labute approximate surface area is 96.9 Å². The fourth-order valence-corrected chi connectivity index (χ4v) is 1.84. The summed E-state index contributed by atoms with van der Waals surface area (Å²) < 4.78 is 1.63. The summed E-state index contributed by atoms with van der Waals surface area (Å²) in [5, 5.41) is 0.648. The van der Waals surface area contributed by atoms with Crippen LogP contribution in [0, 0.1) is 0 Å². The normalized spacial score (nSPS) is 11.2. The van der Waals surface area contributed by atoms with E-state index >= 15 is 0 Å². The van der Waals surface area contributed by atoms with Crippen LogP contribution in [0.5, 0.6) is 0 Å². The summed E-state index contributed by atoms with van der Waals surface area (Å²) in [6.45, 7) is 3.89. The van der Waals surface area contributed by atoms with Crippen molar-refractivity contribution in [1.82, 2.24) is 19.5 Å². The van der Waals surface area contributed by atoms with Gasteiger partial charge >= 0.3 is 0 Å². The first-order valence-electron chi connectivity index (χ1n) is 4.91. The van der Waals surface area contributed by atoms with Crippen molar-refractivity contribution in [1.29, 1.82) is 0 Å². The van der Waals surface area contributed by atoms with Gasteiger partial charge in [0.15, 0.2) is 10.8 Å². The monoisotopic (exact) mass is 236 g/mol. The maximum Gasteiger partial charge on any atom is 0.270 e. The number of hydrogen-bond donors (Lipinski definition) is 0. The molecule has 0 radical (unpaired) electrons. The maximum absolute atomic E-state index is 11.7. The highest BCUT2D eigenvalue weighted by atomic mass is 32.2. The Balaban J connectivity index is 2.83. The quantitative estimate of drug-likeness (QED) is 0.584. The zero-order valence-corrected chi connectivity index (χ0v) is 10.2. The summed E-state index contributed by atoms with van der Waals surface area (Å²) in [6, 6.07) is 0.0580. The Morgan fingerprint density at radius 1 is 1.31 bits per heavy atom. The Bertz CT molecular complexity index is 579. The van der Waals surface area contributed by atoms with Crippen LogP contribution in [-0.2, 0) is 0 Å². The summed E-state index contributed by atoms with van der Waals surface area (Å²) in [4.78, 5) is 24.2. The first-order valence-corrected chi connectivity index (χ1v) is 6.14. The van der Waals surface area contributed by atoms with Crippen molar-refractivity contribution in [2.24, 2.45) is 0 Å². The third kappa shape index (κ3) is 1.80. The minimum Gasteiger partial charge on any atom is -0.287 e. The molecule has 2 aromatic rings. The van der Waals surface area contributed by atoms with Crippen LogP contribution in [0.3, 0.4) is 0 Å². The Morgan fingerprint density at radius 2 is 2.06 bits per heavy atom. The second-order valence-electron chi connectivity index (χ2n) is 3.63. The van der Waals surface area contributed by atoms with Gasteiger partial charge in [0, 0.05) is 6.04 Å². The molecule has 0 aliphatic carbocycles. The van der Waals surface area contributed by atoms with Gasteiger partial charge in [-0.05, 0) is 20.1 Å². The largest absolute Gasteiger partial charge is 0.287 e. The Hall–Kier alpha value is -1.43. The van der Waals surface area contributed by atoms with E-state index in [1.165, 1.54) is 18.0 Å². The molecule has 0 aliphatic rings. The molecule has 0 aliphatic heterocycles. The van der Waals surface area contributed by atoms with Crippen molar-refractivity contribution in [3.63, 3.8) is 0 Å². The van der Waals surface area contributed by atoms with Crippen molar-refractivity contribution in [2.75, 3.05) is 6.26 Å². The van der Waals surface area contributed by atoms with E-state index in [0.29, 0.717) is 16.3 Å². The summed E-state index contributed by atoms with van der Waals surface area (Å²) in [6.07, 6.45) is 4.85. The molecule has 0 saturated heterocycles. The van der Waals surface area contributed by atoms with E-state index in [9.17, 15) is 4.79 Å².